The molecule has 0 spiro atoms. The summed E-state index contributed by atoms with van der Waals surface area (Å²) >= 11 is 0. The number of rotatable bonds is 31. The first-order chi connectivity index (χ1) is 41.5. The van der Waals surface area contributed by atoms with Crippen molar-refractivity contribution in [1.82, 2.24) is 53.2 Å². The van der Waals surface area contributed by atoms with E-state index in [9.17, 15) is 87.9 Å². The Balaban J connectivity index is 3.81. The summed E-state index contributed by atoms with van der Waals surface area (Å²) in [4.78, 5) is 174. The molecule has 0 bridgehead atoms. The van der Waals surface area contributed by atoms with Crippen LogP contribution in [-0.4, -0.2) is 194 Å². The van der Waals surface area contributed by atoms with Crippen molar-refractivity contribution < 1.29 is 87.9 Å². The highest BCUT2D eigenvalue weighted by Gasteiger charge is 2.38. The highest BCUT2D eigenvalue weighted by molar-refractivity contribution is 6.00. The average Bonchev–Trinajstić information content (AvgIpc) is 3.59. The van der Waals surface area contributed by atoms with Gasteiger partial charge >= 0.3 is 0 Å². The second-order valence-electron chi connectivity index (χ2n) is 22.6. The predicted molar refractivity (Wildman–Crippen MR) is 318 cm³/mol. The van der Waals surface area contributed by atoms with E-state index < -0.39 is 188 Å². The molecule has 0 saturated carbocycles. The van der Waals surface area contributed by atoms with Crippen molar-refractivity contribution >= 4 is 76.8 Å². The summed E-state index contributed by atoms with van der Waals surface area (Å²) in [6.45, 7) is 6.23. The third-order valence-corrected chi connectivity index (χ3v) is 14.6. The second kappa shape index (κ2) is 43.5. The summed E-state index contributed by atoms with van der Waals surface area (Å²) in [5, 5.41) is 76.2. The second-order valence-corrected chi connectivity index (χ2v) is 22.6. The van der Waals surface area contributed by atoms with Crippen LogP contribution in [0.2, 0.25) is 0 Å². The van der Waals surface area contributed by atoms with Gasteiger partial charge in [-0.25, -0.2) is 0 Å². The molecule has 1 saturated heterocycles. The van der Waals surface area contributed by atoms with Crippen LogP contribution in [0.3, 0.4) is 0 Å². The molecule has 0 aromatic carbocycles. The van der Waals surface area contributed by atoms with E-state index in [2.05, 4.69) is 60.1 Å². The largest absolute Gasteiger partial charge is 0.393 e. The number of primary amides is 3. The van der Waals surface area contributed by atoms with E-state index in [4.69, 9.17) is 17.2 Å². The van der Waals surface area contributed by atoms with Crippen molar-refractivity contribution in [3.8, 4) is 0 Å². The molecule has 88 heavy (non-hydrogen) atoms. The molecule has 21 N–H and O–H groups in total. The Morgan fingerprint density at radius 3 is 1.39 bits per heavy atom. The van der Waals surface area contributed by atoms with E-state index in [0.29, 0.717) is 44.9 Å². The van der Waals surface area contributed by atoms with Gasteiger partial charge in [0.05, 0.1) is 43.8 Å². The number of aliphatic hydroxyl groups is 5. The highest BCUT2D eigenvalue weighted by atomic mass is 16.3. The molecule has 13 atom stereocenters. The zero-order valence-electron chi connectivity index (χ0n) is 51.7. The Bertz CT molecular complexity index is 2280. The normalized spacial score (nSPS) is 24.1. The molecule has 0 unspecified atom stereocenters. The van der Waals surface area contributed by atoms with Gasteiger partial charge in [-0.15, -0.1) is 0 Å². The molecule has 1 heterocycles. The first-order valence-electron chi connectivity index (χ1n) is 30.7. The van der Waals surface area contributed by atoms with Crippen LogP contribution in [0, 0.1) is 0 Å². The van der Waals surface area contributed by atoms with Gasteiger partial charge in [0.2, 0.25) is 76.8 Å². The van der Waals surface area contributed by atoms with E-state index in [-0.39, 0.29) is 25.8 Å². The van der Waals surface area contributed by atoms with Gasteiger partial charge in [0.1, 0.15) is 54.4 Å². The molecule has 1 aliphatic rings. The number of aliphatic hydroxyl groups excluding tert-OH is 5. The summed E-state index contributed by atoms with van der Waals surface area (Å²) in [5.41, 5.74) is 16.1. The quantitative estimate of drug-likeness (QED) is 0.0293. The van der Waals surface area contributed by atoms with E-state index in [1.165, 1.54) is 0 Å². The number of hydrogen-bond donors (Lipinski definition) is 18. The molecular formula is C57H101N13O18. The monoisotopic (exact) mass is 1260 g/mol. The first-order valence-corrected chi connectivity index (χ1v) is 30.7. The standard InChI is InChI=1S/C57H101N13O18/c1-6-8-10-11-12-14-18-22-36(74)24-25-38-51(82)62-31-46(79)61-27-26-45(78)64-37(23-19-16-13-15-17-21-35(73)20-9-7-2)52(83)67-41(30-44(59)77)54(85)68-40(29-43(58)76)53(84)63-32(3)50(81)66-39(28-42(75)49(60)80)55(86)69-48(34(5)72)57(88)70-47(33(4)71)56(87)65-38/h32-42,47-48,71-75H,6-31H2,1-5H3,(H2,58,76)(H2,59,77)(H2,60,80)(H,61,79)(H,62,82)(H,63,84)(H,64,78)(H,65,87)(H,66,81)(H,67,83)(H,68,85)(H,69,86)(H,70,88)/t32-,33-,34-,35-,36+,37+,38+,39-,40+,41+,42-,47-,48-/m0/s1. The predicted octanol–water partition coefficient (Wildman–Crippen LogP) is -4.17. The number of amides is 13. The van der Waals surface area contributed by atoms with Crippen LogP contribution in [-0.2, 0) is 62.3 Å². The third-order valence-electron chi connectivity index (χ3n) is 14.6. The first kappa shape index (κ1) is 78.9. The van der Waals surface area contributed by atoms with Crippen molar-refractivity contribution in [2.24, 2.45) is 17.2 Å². The van der Waals surface area contributed by atoms with Gasteiger partial charge in [0, 0.05) is 19.4 Å². The minimum Gasteiger partial charge on any atom is -0.393 e. The van der Waals surface area contributed by atoms with Crippen molar-refractivity contribution in [2.75, 3.05) is 13.1 Å². The van der Waals surface area contributed by atoms with Crippen LogP contribution in [0.1, 0.15) is 189 Å². The maximum Gasteiger partial charge on any atom is 0.246 e. The highest BCUT2D eigenvalue weighted by Crippen LogP contribution is 2.16. The fourth-order valence-corrected chi connectivity index (χ4v) is 9.34. The molecule has 0 aromatic heterocycles. The Hall–Kier alpha value is -7.09. The lowest BCUT2D eigenvalue weighted by Crippen LogP contribution is -2.63. The summed E-state index contributed by atoms with van der Waals surface area (Å²) in [5.74, 6) is -14.9. The van der Waals surface area contributed by atoms with Crippen molar-refractivity contribution in [3.63, 3.8) is 0 Å². The topological polar surface area (TPSA) is 521 Å². The Morgan fingerprint density at radius 1 is 0.443 bits per heavy atom. The van der Waals surface area contributed by atoms with E-state index >= 15 is 0 Å². The van der Waals surface area contributed by atoms with Gasteiger partial charge in [0.25, 0.3) is 0 Å². The maximum atomic E-state index is 14.0. The molecule has 0 aromatic rings. The van der Waals surface area contributed by atoms with Crippen LogP contribution in [0.25, 0.3) is 0 Å². The lowest BCUT2D eigenvalue weighted by Gasteiger charge is -2.29. The van der Waals surface area contributed by atoms with Crippen molar-refractivity contribution in [2.45, 2.75) is 268 Å². The van der Waals surface area contributed by atoms with E-state index in [1.54, 1.807) is 0 Å². The van der Waals surface area contributed by atoms with Crippen molar-refractivity contribution in [3.05, 3.63) is 0 Å². The molecule has 502 valence electrons. The Labute approximate surface area is 514 Å². The number of nitrogens with two attached hydrogens (primary N) is 3. The molecule has 0 radical (unpaired) electrons. The fourth-order valence-electron chi connectivity index (χ4n) is 9.34. The van der Waals surface area contributed by atoms with Gasteiger partial charge in [0.15, 0.2) is 0 Å². The number of hydrogen-bond acceptors (Lipinski definition) is 18. The maximum absolute atomic E-state index is 14.0. The van der Waals surface area contributed by atoms with Crippen LogP contribution in [0.15, 0.2) is 0 Å². The third kappa shape index (κ3) is 33.3. The molecule has 31 heteroatoms. The number of unbranched alkanes of at least 4 members (excludes halogenated alkanes) is 11. The van der Waals surface area contributed by atoms with Gasteiger partial charge in [-0.2, -0.15) is 0 Å². The minimum absolute atomic E-state index is 0.0179. The van der Waals surface area contributed by atoms with E-state index in [0.717, 1.165) is 85.0 Å². The molecular weight excluding hydrogens is 1150 g/mol. The summed E-state index contributed by atoms with van der Waals surface area (Å²) in [7, 11) is 0. The number of carbonyl (C=O) groups excluding carboxylic acids is 13. The molecule has 1 aliphatic heterocycles. The fraction of sp³-hybridized carbons (Fsp3) is 0.772. The zero-order valence-corrected chi connectivity index (χ0v) is 51.7. The van der Waals surface area contributed by atoms with E-state index in [1.807, 2.05) is 6.92 Å². The molecule has 0 aliphatic carbocycles. The average molecular weight is 1260 g/mol. The molecule has 1 fully saturated rings. The lowest BCUT2D eigenvalue weighted by atomic mass is 10.0. The van der Waals surface area contributed by atoms with Crippen LogP contribution < -0.4 is 70.4 Å². The minimum atomic E-state index is -2.15. The van der Waals surface area contributed by atoms with Crippen LogP contribution in [0.4, 0.5) is 0 Å². The van der Waals surface area contributed by atoms with Crippen molar-refractivity contribution in [1.29, 1.82) is 0 Å². The number of nitrogens with one attached hydrogen (secondary N) is 10. The van der Waals surface area contributed by atoms with Gasteiger partial charge in [-0.1, -0.05) is 104 Å². The lowest BCUT2D eigenvalue weighted by molar-refractivity contribution is -0.139. The Morgan fingerprint density at radius 2 is 0.864 bits per heavy atom. The Kier molecular flexibility index (Phi) is 39.0. The molecule has 13 amide bonds. The van der Waals surface area contributed by atoms with Gasteiger partial charge in [-0.05, 0) is 59.3 Å². The summed E-state index contributed by atoms with van der Waals surface area (Å²) in [6, 6.07) is -14.4. The summed E-state index contributed by atoms with van der Waals surface area (Å²) < 4.78 is 0. The smallest absolute Gasteiger partial charge is 0.246 e. The summed E-state index contributed by atoms with van der Waals surface area (Å²) in [6.07, 6.45) is 2.74. The van der Waals surface area contributed by atoms with Gasteiger partial charge < -0.3 is 95.9 Å². The zero-order chi connectivity index (χ0) is 66.5. The SMILES string of the molecule is CCCCCCCCC[C@@H](O)CC[C@H]1NC(=O)[C@H]([C@H](C)O)NC(=O)[C@H]([C@H](C)O)NC(=O)[C@H](C[C@H](O)C(N)=O)NC(=O)[C@H](C)NC(=O)[C@@H](CC(N)=O)NC(=O)[C@@H](CC(N)=O)NC(=O)[C@@H](CCCCCCC[C@@H](O)CCCC)NC(=O)CCNC(=O)CNC1=O. The van der Waals surface area contributed by atoms with Crippen LogP contribution >= 0.6 is 0 Å². The van der Waals surface area contributed by atoms with Gasteiger partial charge in [-0.3, -0.25) is 62.3 Å². The molecule has 31 nitrogen and oxygen atoms in total. The number of carbonyl (C=O) groups is 13. The molecule has 1 rings (SSSR count). The van der Waals surface area contributed by atoms with Crippen LogP contribution in [0.5, 0.6) is 0 Å².